The molecule has 4 heteroatoms. The van der Waals surface area contributed by atoms with E-state index in [1.54, 1.807) is 12.2 Å². The summed E-state index contributed by atoms with van der Waals surface area (Å²) in [7, 11) is 2.39. The molecule has 0 aromatic rings. The Labute approximate surface area is 84.3 Å². The van der Waals surface area contributed by atoms with Crippen molar-refractivity contribution in [3.63, 3.8) is 0 Å². The molecule has 0 spiro atoms. The van der Waals surface area contributed by atoms with Gasteiger partial charge in [0.25, 0.3) is 0 Å². The Morgan fingerprint density at radius 2 is 2.00 bits per heavy atom. The second-order valence-electron chi connectivity index (χ2n) is 3.00. The molecule has 1 aliphatic carbocycles. The highest BCUT2D eigenvalue weighted by atomic mass is 16.5. The van der Waals surface area contributed by atoms with Gasteiger partial charge in [0.05, 0.1) is 14.2 Å². The summed E-state index contributed by atoms with van der Waals surface area (Å²) in [5.74, 6) is -3.85. The number of esters is 2. The highest BCUT2D eigenvalue weighted by Gasteiger charge is 2.36. The van der Waals surface area contributed by atoms with Crippen LogP contribution >= 0.6 is 0 Å². The minimum absolute atomic E-state index is 0.432. The maximum Gasteiger partial charge on any atom is 0.320 e. The summed E-state index contributed by atoms with van der Waals surface area (Å²) in [6.45, 7) is 0. The van der Waals surface area contributed by atoms with Crippen molar-refractivity contribution in [1.82, 2.24) is 0 Å². The predicted molar refractivity (Wildman–Crippen MR) is 49.4 cm³/mol. The smallest absolute Gasteiger partial charge is 0.320 e. The summed E-state index contributed by atoms with van der Waals surface area (Å²) >= 11 is 0. The standard InChI is InChI=1S/C10H14O4/c1-13-9(11)8(10(12)14-2)7-5-3-4-6-7/h3,5,7-8H,4,6H2,1-2H3/t7-/m1/s1/i7D. The molecule has 0 saturated carbocycles. The average Bonchev–Trinajstić information content (AvgIpc) is 2.65. The minimum Gasteiger partial charge on any atom is -0.468 e. The first-order chi connectivity index (χ1) is 7.05. The van der Waals surface area contributed by atoms with Crippen LogP contribution in [-0.4, -0.2) is 26.2 Å². The van der Waals surface area contributed by atoms with Crippen molar-refractivity contribution in [1.29, 1.82) is 0 Å². The molecule has 0 aromatic heterocycles. The number of allylic oxidation sites excluding steroid dienone is 2. The number of methoxy groups -OCH3 is 2. The third-order valence-electron chi connectivity index (χ3n) is 2.18. The van der Waals surface area contributed by atoms with E-state index >= 15 is 0 Å². The van der Waals surface area contributed by atoms with E-state index in [-0.39, 0.29) is 0 Å². The van der Waals surface area contributed by atoms with Gasteiger partial charge in [-0.05, 0) is 12.8 Å². The fourth-order valence-electron chi connectivity index (χ4n) is 1.44. The van der Waals surface area contributed by atoms with Crippen molar-refractivity contribution >= 4 is 11.9 Å². The van der Waals surface area contributed by atoms with Crippen LogP contribution < -0.4 is 0 Å². The molecule has 0 bridgehead atoms. The van der Waals surface area contributed by atoms with Gasteiger partial charge >= 0.3 is 11.9 Å². The molecule has 1 atom stereocenters. The molecular formula is C10H14O4. The zero-order chi connectivity index (χ0) is 11.5. The third-order valence-corrected chi connectivity index (χ3v) is 2.18. The van der Waals surface area contributed by atoms with Crippen molar-refractivity contribution in [2.45, 2.75) is 12.8 Å². The van der Waals surface area contributed by atoms with Crippen LogP contribution in [-0.2, 0) is 19.1 Å². The lowest BCUT2D eigenvalue weighted by atomic mass is 9.92. The maximum absolute atomic E-state index is 11.4. The number of carbonyl (C=O) groups is 2. The Morgan fingerprint density at radius 3 is 2.36 bits per heavy atom. The van der Waals surface area contributed by atoms with Gasteiger partial charge in [-0.2, -0.15) is 0 Å². The number of ether oxygens (including phenoxy) is 2. The first-order valence-electron chi connectivity index (χ1n) is 4.88. The maximum atomic E-state index is 11.4. The quantitative estimate of drug-likeness (QED) is 0.385. The van der Waals surface area contributed by atoms with Crippen LogP contribution in [0, 0.1) is 11.8 Å². The summed E-state index contributed by atoms with van der Waals surface area (Å²) < 4.78 is 17.1. The van der Waals surface area contributed by atoms with Gasteiger partial charge in [0, 0.05) is 7.26 Å². The fraction of sp³-hybridized carbons (Fsp3) is 0.600. The molecule has 14 heavy (non-hydrogen) atoms. The second kappa shape index (κ2) is 4.79. The molecule has 0 radical (unpaired) electrons. The van der Waals surface area contributed by atoms with Crippen LogP contribution in [0.25, 0.3) is 0 Å². The van der Waals surface area contributed by atoms with E-state index in [0.717, 1.165) is 0 Å². The number of hydrogen-bond acceptors (Lipinski definition) is 4. The van der Waals surface area contributed by atoms with E-state index in [0.29, 0.717) is 12.8 Å². The predicted octanol–water partition coefficient (Wildman–Crippen LogP) is 0.915. The lowest BCUT2D eigenvalue weighted by Gasteiger charge is -2.17. The van der Waals surface area contributed by atoms with Gasteiger partial charge in [0.1, 0.15) is 0 Å². The van der Waals surface area contributed by atoms with Crippen LogP contribution in [0.2, 0.25) is 0 Å². The van der Waals surface area contributed by atoms with Crippen LogP contribution in [0.4, 0.5) is 0 Å². The first kappa shape index (κ1) is 9.24. The van der Waals surface area contributed by atoms with Crippen molar-refractivity contribution in [3.05, 3.63) is 12.2 Å². The zero-order valence-electron chi connectivity index (χ0n) is 9.28. The van der Waals surface area contributed by atoms with E-state index in [9.17, 15) is 9.59 Å². The molecule has 1 rings (SSSR count). The molecule has 0 fully saturated rings. The van der Waals surface area contributed by atoms with E-state index < -0.39 is 23.8 Å². The Bertz CT molecular complexity index is 284. The van der Waals surface area contributed by atoms with Gasteiger partial charge in [0.2, 0.25) is 0 Å². The molecule has 4 nitrogen and oxygen atoms in total. The van der Waals surface area contributed by atoms with Gasteiger partial charge in [0.15, 0.2) is 5.92 Å². The van der Waals surface area contributed by atoms with Crippen LogP contribution in [0.5, 0.6) is 0 Å². The Kier molecular flexibility index (Phi) is 3.16. The normalized spacial score (nSPS) is 26.1. The zero-order valence-corrected chi connectivity index (χ0v) is 8.28. The topological polar surface area (TPSA) is 52.6 Å². The molecule has 0 aliphatic heterocycles. The van der Waals surface area contributed by atoms with Crippen molar-refractivity contribution in [2.24, 2.45) is 11.8 Å². The highest BCUT2D eigenvalue weighted by molar-refractivity contribution is 5.95. The van der Waals surface area contributed by atoms with Gasteiger partial charge in [-0.1, -0.05) is 12.2 Å². The van der Waals surface area contributed by atoms with Crippen molar-refractivity contribution < 1.29 is 20.4 Å². The SMILES string of the molecule is [2H][C@@]1(C(C(=O)OC)C(=O)OC)C=CCC1. The minimum atomic E-state index is -1.22. The summed E-state index contributed by atoms with van der Waals surface area (Å²) in [5.41, 5.74) is 0. The Hall–Kier alpha value is -1.32. The lowest BCUT2D eigenvalue weighted by molar-refractivity contribution is -0.160. The summed E-state index contributed by atoms with van der Waals surface area (Å²) in [6.07, 6.45) is 4.47. The molecule has 0 aromatic carbocycles. The number of carbonyl (C=O) groups excluding carboxylic acids is 2. The number of hydrogen-bond donors (Lipinski definition) is 0. The molecule has 0 heterocycles. The van der Waals surface area contributed by atoms with Gasteiger partial charge in [-0.15, -0.1) is 0 Å². The van der Waals surface area contributed by atoms with Crippen LogP contribution in [0.15, 0.2) is 12.2 Å². The van der Waals surface area contributed by atoms with Crippen molar-refractivity contribution in [3.8, 4) is 0 Å². The third kappa shape index (κ3) is 2.13. The van der Waals surface area contributed by atoms with Crippen LogP contribution in [0.1, 0.15) is 14.2 Å². The highest BCUT2D eigenvalue weighted by Crippen LogP contribution is 2.27. The summed E-state index contributed by atoms with van der Waals surface area (Å²) in [6, 6.07) is 0. The molecule has 78 valence electrons. The summed E-state index contributed by atoms with van der Waals surface area (Å²) in [5, 5.41) is 0. The number of rotatable bonds is 3. The monoisotopic (exact) mass is 199 g/mol. The fourth-order valence-corrected chi connectivity index (χ4v) is 1.44. The first-order valence-corrected chi connectivity index (χ1v) is 4.38. The molecule has 1 aliphatic rings. The van der Waals surface area contributed by atoms with E-state index in [1.165, 1.54) is 14.2 Å². The van der Waals surface area contributed by atoms with Crippen molar-refractivity contribution in [2.75, 3.05) is 14.2 Å². The molecule has 0 amide bonds. The molecule has 0 N–H and O–H groups in total. The van der Waals surface area contributed by atoms with E-state index in [4.69, 9.17) is 1.37 Å². The van der Waals surface area contributed by atoms with E-state index in [2.05, 4.69) is 9.47 Å². The molecule has 0 saturated heterocycles. The average molecular weight is 199 g/mol. The Morgan fingerprint density at radius 1 is 1.43 bits per heavy atom. The molecule has 0 unspecified atom stereocenters. The van der Waals surface area contributed by atoms with E-state index in [1.807, 2.05) is 0 Å². The van der Waals surface area contributed by atoms with Gasteiger partial charge in [-0.25, -0.2) is 0 Å². The lowest BCUT2D eigenvalue weighted by Crippen LogP contribution is -2.31. The van der Waals surface area contributed by atoms with Crippen LogP contribution in [0.3, 0.4) is 0 Å². The van der Waals surface area contributed by atoms with Gasteiger partial charge in [-0.3, -0.25) is 9.59 Å². The summed E-state index contributed by atoms with van der Waals surface area (Å²) in [4.78, 5) is 22.9. The van der Waals surface area contributed by atoms with Gasteiger partial charge < -0.3 is 9.47 Å². The Balaban J connectivity index is 2.95. The largest absolute Gasteiger partial charge is 0.468 e. The second-order valence-corrected chi connectivity index (χ2v) is 3.00. The molecular weight excluding hydrogens is 184 g/mol.